The molecule has 1 fully saturated rings. The lowest BCUT2D eigenvalue weighted by Crippen LogP contribution is -2.56. The van der Waals surface area contributed by atoms with Crippen molar-refractivity contribution < 1.29 is 18.5 Å². The van der Waals surface area contributed by atoms with Crippen LogP contribution in [0.25, 0.3) is 0 Å². The number of hydrogen-bond donors (Lipinski definition) is 0. The first-order chi connectivity index (χ1) is 7.93. The summed E-state index contributed by atoms with van der Waals surface area (Å²) in [4.78, 5) is 21.8. The molecule has 0 radical (unpaired) electrons. The number of anilines is 1. The van der Waals surface area contributed by atoms with Crippen molar-refractivity contribution in [1.29, 1.82) is 0 Å². The number of hydrogen-bond acceptors (Lipinski definition) is 4. The van der Waals surface area contributed by atoms with Crippen molar-refractivity contribution >= 4 is 17.7 Å². The molecule has 0 aromatic heterocycles. The van der Waals surface area contributed by atoms with E-state index in [4.69, 9.17) is 0 Å². The van der Waals surface area contributed by atoms with Crippen molar-refractivity contribution in [2.24, 2.45) is 0 Å². The van der Waals surface area contributed by atoms with Gasteiger partial charge in [0, 0.05) is 11.6 Å². The van der Waals surface area contributed by atoms with Gasteiger partial charge in [-0.05, 0) is 12.1 Å². The van der Waals surface area contributed by atoms with Crippen LogP contribution in [0.3, 0.4) is 0 Å². The van der Waals surface area contributed by atoms with Gasteiger partial charge in [0.05, 0.1) is 18.0 Å². The zero-order valence-electron chi connectivity index (χ0n) is 8.60. The number of carbonyl (C=O) groups excluding carboxylic acids is 1. The van der Waals surface area contributed by atoms with Crippen LogP contribution in [0.2, 0.25) is 0 Å². The van der Waals surface area contributed by atoms with Gasteiger partial charge in [-0.1, -0.05) is 0 Å². The highest BCUT2D eigenvalue weighted by molar-refractivity contribution is 5.80. The molecule has 1 aliphatic rings. The van der Waals surface area contributed by atoms with Gasteiger partial charge in [-0.3, -0.25) is 14.9 Å². The molecular formula is C10H8F2N2O3. The van der Waals surface area contributed by atoms with Crippen molar-refractivity contribution in [1.82, 2.24) is 0 Å². The van der Waals surface area contributed by atoms with Crippen molar-refractivity contribution in [3.8, 4) is 0 Å². The molecule has 0 unspecified atom stereocenters. The predicted molar refractivity (Wildman–Crippen MR) is 55.6 cm³/mol. The molecule has 0 N–H and O–H groups in total. The van der Waals surface area contributed by atoms with Crippen LogP contribution >= 0.6 is 0 Å². The Bertz CT molecular complexity index is 482. The molecule has 0 spiro atoms. The molecule has 1 aromatic rings. The highest BCUT2D eigenvalue weighted by Crippen LogP contribution is 2.37. The van der Waals surface area contributed by atoms with Gasteiger partial charge >= 0.3 is 0 Å². The molecule has 1 aromatic carbocycles. The van der Waals surface area contributed by atoms with Crippen LogP contribution in [0.5, 0.6) is 0 Å². The molecule has 0 aliphatic carbocycles. The standard InChI is InChI=1S/C10H8F2N2O3/c11-10(12)5-13(6-10)8-2-1-7(4-15)3-9(8)14(16)17/h1-4H,5-6H2. The van der Waals surface area contributed by atoms with Crippen LogP contribution in [-0.2, 0) is 0 Å². The first-order valence-corrected chi connectivity index (χ1v) is 4.79. The van der Waals surface area contributed by atoms with E-state index >= 15 is 0 Å². The lowest BCUT2D eigenvalue weighted by molar-refractivity contribution is -0.384. The maximum absolute atomic E-state index is 12.7. The van der Waals surface area contributed by atoms with E-state index in [1.54, 1.807) is 0 Å². The smallest absolute Gasteiger partial charge is 0.293 e. The molecule has 0 bridgehead atoms. The number of nitro benzene ring substituents is 1. The Morgan fingerprint density at radius 1 is 1.41 bits per heavy atom. The molecule has 90 valence electrons. The topological polar surface area (TPSA) is 63.5 Å². The summed E-state index contributed by atoms with van der Waals surface area (Å²) in [6.45, 7) is -1.07. The zero-order chi connectivity index (χ0) is 12.6. The van der Waals surface area contributed by atoms with Gasteiger partial charge in [0.15, 0.2) is 0 Å². The Balaban J connectivity index is 2.34. The molecule has 17 heavy (non-hydrogen) atoms. The second kappa shape index (κ2) is 3.76. The van der Waals surface area contributed by atoms with Gasteiger partial charge in [0.2, 0.25) is 0 Å². The summed E-state index contributed by atoms with van der Waals surface area (Å²) < 4.78 is 25.4. The maximum Gasteiger partial charge on any atom is 0.293 e. The fourth-order valence-electron chi connectivity index (χ4n) is 1.71. The van der Waals surface area contributed by atoms with Gasteiger partial charge < -0.3 is 4.90 Å². The number of carbonyl (C=O) groups is 1. The second-order valence-corrected chi connectivity index (χ2v) is 3.84. The molecule has 2 rings (SSSR count). The normalized spacial score (nSPS) is 17.4. The van der Waals surface area contributed by atoms with Crippen LogP contribution in [-0.4, -0.2) is 30.2 Å². The Kier molecular flexibility index (Phi) is 2.53. The van der Waals surface area contributed by atoms with Crippen LogP contribution < -0.4 is 4.90 Å². The van der Waals surface area contributed by atoms with E-state index in [1.807, 2.05) is 0 Å². The minimum absolute atomic E-state index is 0.117. The Labute approximate surface area is 94.8 Å². The number of aldehydes is 1. The van der Waals surface area contributed by atoms with Crippen LogP contribution in [0, 0.1) is 10.1 Å². The van der Waals surface area contributed by atoms with Crippen LogP contribution in [0.4, 0.5) is 20.2 Å². The van der Waals surface area contributed by atoms with Gasteiger partial charge in [0.1, 0.15) is 12.0 Å². The van der Waals surface area contributed by atoms with Gasteiger partial charge in [0.25, 0.3) is 11.6 Å². The Morgan fingerprint density at radius 2 is 2.06 bits per heavy atom. The van der Waals surface area contributed by atoms with E-state index in [9.17, 15) is 23.7 Å². The average molecular weight is 242 g/mol. The summed E-state index contributed by atoms with van der Waals surface area (Å²) in [6.07, 6.45) is 0.474. The fourth-order valence-corrected chi connectivity index (χ4v) is 1.71. The number of halogens is 2. The molecule has 7 heteroatoms. The number of nitrogens with zero attached hydrogens (tertiary/aromatic N) is 2. The Morgan fingerprint density at radius 3 is 2.53 bits per heavy atom. The highest BCUT2D eigenvalue weighted by Gasteiger charge is 2.45. The van der Waals surface area contributed by atoms with Crippen LogP contribution in [0.15, 0.2) is 18.2 Å². The fraction of sp³-hybridized carbons (Fsp3) is 0.300. The molecule has 0 amide bonds. The van der Waals surface area contributed by atoms with E-state index in [-0.39, 0.29) is 16.9 Å². The number of alkyl halides is 2. The summed E-state index contributed by atoms with van der Waals surface area (Å²) in [5, 5.41) is 10.8. The van der Waals surface area contributed by atoms with Gasteiger partial charge in [-0.2, -0.15) is 0 Å². The molecule has 0 saturated carbocycles. The summed E-state index contributed by atoms with van der Waals surface area (Å²) in [7, 11) is 0. The number of benzene rings is 1. The predicted octanol–water partition coefficient (Wildman–Crippen LogP) is 1.86. The van der Waals surface area contributed by atoms with Gasteiger partial charge in [-0.25, -0.2) is 8.78 Å². The third-order valence-corrected chi connectivity index (χ3v) is 2.52. The van der Waals surface area contributed by atoms with E-state index in [0.717, 1.165) is 6.07 Å². The van der Waals surface area contributed by atoms with Crippen molar-refractivity contribution in [3.63, 3.8) is 0 Å². The summed E-state index contributed by atoms with van der Waals surface area (Å²) in [5.41, 5.74) is -0.0654. The minimum atomic E-state index is -2.79. The molecule has 1 saturated heterocycles. The third kappa shape index (κ3) is 2.08. The quantitative estimate of drug-likeness (QED) is 0.461. The zero-order valence-corrected chi connectivity index (χ0v) is 8.60. The molecule has 0 atom stereocenters. The lowest BCUT2D eigenvalue weighted by Gasteiger charge is -2.39. The van der Waals surface area contributed by atoms with E-state index < -0.39 is 23.9 Å². The summed E-state index contributed by atoms with van der Waals surface area (Å²) >= 11 is 0. The van der Waals surface area contributed by atoms with E-state index in [1.165, 1.54) is 17.0 Å². The lowest BCUT2D eigenvalue weighted by atomic mass is 10.1. The molecule has 5 nitrogen and oxygen atoms in total. The first kappa shape index (κ1) is 11.4. The van der Waals surface area contributed by atoms with E-state index in [2.05, 4.69) is 0 Å². The highest BCUT2D eigenvalue weighted by atomic mass is 19.3. The SMILES string of the molecule is O=Cc1ccc(N2CC(F)(F)C2)c([N+](=O)[O-])c1. The van der Waals surface area contributed by atoms with Crippen molar-refractivity contribution in [3.05, 3.63) is 33.9 Å². The minimum Gasteiger partial charge on any atom is -0.354 e. The molecular weight excluding hydrogens is 234 g/mol. The van der Waals surface area contributed by atoms with Crippen molar-refractivity contribution in [2.45, 2.75) is 5.92 Å². The summed E-state index contributed by atoms with van der Waals surface area (Å²) in [6, 6.07) is 3.77. The number of rotatable bonds is 3. The van der Waals surface area contributed by atoms with Crippen molar-refractivity contribution in [2.75, 3.05) is 18.0 Å². The molecule has 1 aliphatic heterocycles. The maximum atomic E-state index is 12.7. The molecule has 1 heterocycles. The monoisotopic (exact) mass is 242 g/mol. The van der Waals surface area contributed by atoms with E-state index in [0.29, 0.717) is 6.29 Å². The number of nitro groups is 1. The average Bonchev–Trinajstić information content (AvgIpc) is 2.24. The third-order valence-electron chi connectivity index (χ3n) is 2.52. The van der Waals surface area contributed by atoms with Gasteiger partial charge in [-0.15, -0.1) is 0 Å². The second-order valence-electron chi connectivity index (χ2n) is 3.84. The summed E-state index contributed by atoms with van der Waals surface area (Å²) in [5.74, 6) is -2.79. The largest absolute Gasteiger partial charge is 0.354 e. The van der Waals surface area contributed by atoms with Crippen LogP contribution in [0.1, 0.15) is 10.4 Å². The first-order valence-electron chi connectivity index (χ1n) is 4.79. The Hall–Kier alpha value is -2.05.